The van der Waals surface area contributed by atoms with Crippen LogP contribution >= 0.6 is 43.5 Å². The minimum absolute atomic E-state index is 0.0173. The van der Waals surface area contributed by atoms with Gasteiger partial charge in [-0.1, -0.05) is 27.5 Å². The van der Waals surface area contributed by atoms with E-state index in [1.807, 2.05) is 0 Å². The van der Waals surface area contributed by atoms with Crippen LogP contribution in [0.15, 0.2) is 56.0 Å². The Hall–Kier alpha value is -1.63. The average Bonchev–Trinajstić information content (AvgIpc) is 2.86. The summed E-state index contributed by atoms with van der Waals surface area (Å²) in [6, 6.07) is 10.2. The number of phenolic OH excluding ortho intramolecular Hbond substituents is 1. The molecule has 0 fully saturated rings. The van der Waals surface area contributed by atoms with Gasteiger partial charge in [0.05, 0.1) is 4.47 Å². The van der Waals surface area contributed by atoms with Crippen LogP contribution in [0.25, 0.3) is 6.08 Å². The average molecular weight is 458 g/mol. The smallest absolute Gasteiger partial charge is 0.363 e. The molecule has 0 saturated heterocycles. The number of carbonyl (C=O) groups is 1. The zero-order chi connectivity index (χ0) is 16.6. The number of aliphatic imine (C=N–C) groups is 1. The molecule has 0 aliphatic carbocycles. The molecule has 1 aliphatic rings. The molecule has 7 heteroatoms. The number of ether oxygens (including phenoxy) is 1. The SMILES string of the molecule is O=C1OC(c2ccc(Cl)cc2)=N/C1=C/c1cc(Br)cc(Br)c1O. The van der Waals surface area contributed by atoms with Gasteiger partial charge in [0.25, 0.3) is 0 Å². The quantitative estimate of drug-likeness (QED) is 0.515. The standard InChI is InChI=1S/C16H8Br2ClNO3/c17-10-5-9(14(21)12(18)7-10)6-13-16(22)23-15(20-13)8-1-3-11(19)4-2-8/h1-7,21H/b13-6+. The number of esters is 1. The minimum Gasteiger partial charge on any atom is -0.506 e. The van der Waals surface area contributed by atoms with Gasteiger partial charge in [-0.25, -0.2) is 9.79 Å². The fraction of sp³-hybridized carbons (Fsp3) is 0. The molecule has 23 heavy (non-hydrogen) atoms. The van der Waals surface area contributed by atoms with Crippen LogP contribution in [0.4, 0.5) is 0 Å². The number of cyclic esters (lactones) is 1. The Morgan fingerprint density at radius 1 is 1.17 bits per heavy atom. The number of hydrogen-bond acceptors (Lipinski definition) is 4. The van der Waals surface area contributed by atoms with E-state index >= 15 is 0 Å². The van der Waals surface area contributed by atoms with Crippen LogP contribution in [0.1, 0.15) is 11.1 Å². The van der Waals surface area contributed by atoms with Crippen LogP contribution in [0.3, 0.4) is 0 Å². The van der Waals surface area contributed by atoms with E-state index in [2.05, 4.69) is 36.9 Å². The maximum atomic E-state index is 12.0. The first-order valence-electron chi connectivity index (χ1n) is 6.40. The van der Waals surface area contributed by atoms with Crippen LogP contribution < -0.4 is 0 Å². The third-order valence-corrected chi connectivity index (χ3v) is 4.38. The van der Waals surface area contributed by atoms with Crippen molar-refractivity contribution in [3.05, 3.63) is 67.2 Å². The Kier molecular flexibility index (Phi) is 4.57. The molecule has 0 bridgehead atoms. The monoisotopic (exact) mass is 455 g/mol. The van der Waals surface area contributed by atoms with Crippen LogP contribution in [-0.2, 0) is 9.53 Å². The third-order valence-electron chi connectivity index (χ3n) is 3.06. The summed E-state index contributed by atoms with van der Waals surface area (Å²) in [7, 11) is 0. The molecule has 0 aromatic heterocycles. The second kappa shape index (κ2) is 6.47. The summed E-state index contributed by atoms with van der Waals surface area (Å²) in [5.41, 5.74) is 1.19. The van der Waals surface area contributed by atoms with E-state index < -0.39 is 5.97 Å². The van der Waals surface area contributed by atoms with Gasteiger partial charge >= 0.3 is 5.97 Å². The number of phenols is 1. The molecule has 1 aliphatic heterocycles. The van der Waals surface area contributed by atoms with Gasteiger partial charge < -0.3 is 9.84 Å². The summed E-state index contributed by atoms with van der Waals surface area (Å²) in [5, 5.41) is 10.6. The van der Waals surface area contributed by atoms with Crippen molar-refractivity contribution in [2.45, 2.75) is 0 Å². The predicted molar refractivity (Wildman–Crippen MR) is 95.6 cm³/mol. The number of aromatic hydroxyl groups is 1. The van der Waals surface area contributed by atoms with Crippen LogP contribution in [-0.4, -0.2) is 17.0 Å². The van der Waals surface area contributed by atoms with Gasteiger partial charge in [0.15, 0.2) is 5.70 Å². The second-order valence-electron chi connectivity index (χ2n) is 4.67. The Balaban J connectivity index is 2.00. The van der Waals surface area contributed by atoms with E-state index in [1.54, 1.807) is 36.4 Å². The van der Waals surface area contributed by atoms with Crippen LogP contribution in [0.2, 0.25) is 5.02 Å². The molecule has 0 spiro atoms. The summed E-state index contributed by atoms with van der Waals surface area (Å²) < 4.78 is 6.43. The van der Waals surface area contributed by atoms with Crippen molar-refractivity contribution in [3.63, 3.8) is 0 Å². The minimum atomic E-state index is -0.578. The first-order valence-corrected chi connectivity index (χ1v) is 8.37. The van der Waals surface area contributed by atoms with Gasteiger partial charge in [-0.2, -0.15) is 0 Å². The summed E-state index contributed by atoms with van der Waals surface area (Å²) in [6.07, 6.45) is 1.47. The Morgan fingerprint density at radius 2 is 1.87 bits per heavy atom. The van der Waals surface area contributed by atoms with Crippen molar-refractivity contribution in [1.29, 1.82) is 0 Å². The molecule has 0 radical (unpaired) electrons. The molecule has 116 valence electrons. The number of halogens is 3. The van der Waals surface area contributed by atoms with Crippen molar-refractivity contribution in [2.75, 3.05) is 0 Å². The van der Waals surface area contributed by atoms with Gasteiger partial charge in [0.1, 0.15) is 5.75 Å². The third kappa shape index (κ3) is 3.49. The molecule has 1 heterocycles. The van der Waals surface area contributed by atoms with Gasteiger partial charge in [-0.3, -0.25) is 0 Å². The fourth-order valence-electron chi connectivity index (χ4n) is 1.97. The van der Waals surface area contributed by atoms with Gasteiger partial charge in [-0.15, -0.1) is 0 Å². The maximum absolute atomic E-state index is 12.0. The zero-order valence-electron chi connectivity index (χ0n) is 11.4. The molecule has 0 unspecified atom stereocenters. The molecule has 2 aromatic rings. The molecule has 0 atom stereocenters. The predicted octanol–water partition coefficient (Wildman–Crippen LogP) is 4.92. The maximum Gasteiger partial charge on any atom is 0.363 e. The van der Waals surface area contributed by atoms with Crippen molar-refractivity contribution >= 4 is 61.4 Å². The lowest BCUT2D eigenvalue weighted by atomic mass is 10.1. The topological polar surface area (TPSA) is 58.9 Å². The molecule has 2 aromatic carbocycles. The van der Waals surface area contributed by atoms with Crippen molar-refractivity contribution in [1.82, 2.24) is 0 Å². The summed E-state index contributed by atoms with van der Waals surface area (Å²) >= 11 is 12.4. The highest BCUT2D eigenvalue weighted by Crippen LogP contribution is 2.33. The number of carbonyl (C=O) groups excluding carboxylic acids is 1. The normalized spacial score (nSPS) is 15.7. The highest BCUT2D eigenvalue weighted by molar-refractivity contribution is 9.11. The molecule has 4 nitrogen and oxygen atoms in total. The Bertz CT molecular complexity index is 860. The molecule has 0 amide bonds. The lowest BCUT2D eigenvalue weighted by Crippen LogP contribution is -2.05. The largest absolute Gasteiger partial charge is 0.506 e. The highest BCUT2D eigenvalue weighted by atomic mass is 79.9. The number of hydrogen-bond donors (Lipinski definition) is 1. The lowest BCUT2D eigenvalue weighted by molar-refractivity contribution is -0.129. The van der Waals surface area contributed by atoms with Gasteiger partial charge in [0.2, 0.25) is 5.90 Å². The molecular weight excluding hydrogens is 449 g/mol. The van der Waals surface area contributed by atoms with Crippen molar-refractivity contribution < 1.29 is 14.6 Å². The van der Waals surface area contributed by atoms with E-state index in [0.717, 1.165) is 4.47 Å². The molecule has 1 N–H and O–H groups in total. The van der Waals surface area contributed by atoms with E-state index in [9.17, 15) is 9.90 Å². The summed E-state index contributed by atoms with van der Waals surface area (Å²) in [6.45, 7) is 0. The first-order chi connectivity index (χ1) is 10.9. The van der Waals surface area contributed by atoms with Crippen molar-refractivity contribution in [2.24, 2.45) is 4.99 Å². The van der Waals surface area contributed by atoms with Gasteiger partial charge in [0, 0.05) is 20.6 Å². The lowest BCUT2D eigenvalue weighted by Gasteiger charge is -2.03. The van der Waals surface area contributed by atoms with Gasteiger partial charge in [-0.05, 0) is 58.4 Å². The van der Waals surface area contributed by atoms with Crippen LogP contribution in [0, 0.1) is 0 Å². The fourth-order valence-corrected chi connectivity index (χ4v) is 3.35. The second-order valence-corrected chi connectivity index (χ2v) is 6.87. The first kappa shape index (κ1) is 16.2. The van der Waals surface area contributed by atoms with E-state index in [0.29, 0.717) is 20.6 Å². The Labute approximate surface area is 153 Å². The molecular formula is C16H8Br2ClNO3. The summed E-state index contributed by atoms with van der Waals surface area (Å²) in [5.74, 6) is -0.361. The Morgan fingerprint density at radius 3 is 2.57 bits per heavy atom. The summed E-state index contributed by atoms with van der Waals surface area (Å²) in [4.78, 5) is 16.2. The molecule has 0 saturated carbocycles. The van der Waals surface area contributed by atoms with E-state index in [1.165, 1.54) is 6.08 Å². The van der Waals surface area contributed by atoms with E-state index in [4.69, 9.17) is 16.3 Å². The van der Waals surface area contributed by atoms with Crippen molar-refractivity contribution in [3.8, 4) is 5.75 Å². The van der Waals surface area contributed by atoms with Crippen LogP contribution in [0.5, 0.6) is 5.75 Å². The van der Waals surface area contributed by atoms with E-state index in [-0.39, 0.29) is 17.3 Å². The molecule has 3 rings (SSSR count). The number of benzene rings is 2. The number of rotatable bonds is 2. The zero-order valence-corrected chi connectivity index (χ0v) is 15.3. The number of nitrogens with zero attached hydrogens (tertiary/aromatic N) is 1. The highest BCUT2D eigenvalue weighted by Gasteiger charge is 2.24.